The molecule has 6 heteroatoms. The van der Waals surface area contributed by atoms with E-state index in [1.165, 1.54) is 12.1 Å². The molecule has 0 amide bonds. The minimum Gasteiger partial charge on any atom is -0.487 e. The van der Waals surface area contributed by atoms with Crippen LogP contribution in [0.2, 0.25) is 0 Å². The second kappa shape index (κ2) is 5.66. The van der Waals surface area contributed by atoms with E-state index >= 15 is 0 Å². The van der Waals surface area contributed by atoms with Crippen LogP contribution in [0.15, 0.2) is 36.4 Å². The van der Waals surface area contributed by atoms with Crippen LogP contribution in [0.4, 0.5) is 17.6 Å². The molecule has 1 N–H and O–H groups in total. The fourth-order valence-electron chi connectivity index (χ4n) is 1.70. The third kappa shape index (κ3) is 3.19. The third-order valence-electron chi connectivity index (χ3n) is 2.81. The maximum absolute atomic E-state index is 12.7. The van der Waals surface area contributed by atoms with Crippen LogP contribution in [0, 0.1) is 0 Å². The van der Waals surface area contributed by atoms with Crippen molar-refractivity contribution < 1.29 is 27.4 Å². The second-order valence-corrected chi connectivity index (χ2v) is 4.35. The van der Waals surface area contributed by atoms with Gasteiger partial charge in [0, 0.05) is 0 Å². The first-order valence-corrected chi connectivity index (χ1v) is 5.85. The Hall–Kier alpha value is -1.82. The van der Waals surface area contributed by atoms with Gasteiger partial charge in [-0.25, -0.2) is 8.78 Å². The molecule has 2 aromatic rings. The van der Waals surface area contributed by atoms with Gasteiger partial charge < -0.3 is 9.84 Å². The number of ether oxygens (including phenoxy) is 1. The number of benzene rings is 2. The van der Waals surface area contributed by atoms with Gasteiger partial charge >= 0.3 is 12.3 Å². The zero-order valence-corrected chi connectivity index (χ0v) is 10.3. The fourth-order valence-corrected chi connectivity index (χ4v) is 1.70. The number of hydrogen-bond acceptors (Lipinski definition) is 2. The number of alkyl halides is 4. The van der Waals surface area contributed by atoms with Crippen LogP contribution in [0.5, 0.6) is 5.75 Å². The van der Waals surface area contributed by atoms with Crippen LogP contribution in [-0.2, 0) is 6.61 Å². The largest absolute Gasteiger partial charge is 0.487 e. The van der Waals surface area contributed by atoms with Gasteiger partial charge in [-0.3, -0.25) is 0 Å². The fraction of sp³-hybridized carbons (Fsp3) is 0.286. The Morgan fingerprint density at radius 1 is 1.05 bits per heavy atom. The lowest BCUT2D eigenvalue weighted by Gasteiger charge is -2.16. The molecule has 0 atom stereocenters. The predicted octanol–water partition coefficient (Wildman–Crippen LogP) is 3.61. The first-order chi connectivity index (χ1) is 9.42. The van der Waals surface area contributed by atoms with Gasteiger partial charge in [0.2, 0.25) is 0 Å². The highest BCUT2D eigenvalue weighted by Crippen LogP contribution is 2.26. The van der Waals surface area contributed by atoms with E-state index in [9.17, 15) is 17.6 Å². The van der Waals surface area contributed by atoms with E-state index in [0.717, 1.165) is 10.9 Å². The van der Waals surface area contributed by atoms with Gasteiger partial charge in [-0.2, -0.15) is 8.78 Å². The molecule has 108 valence electrons. The average Bonchev–Trinajstić information content (AvgIpc) is 2.44. The van der Waals surface area contributed by atoms with Gasteiger partial charge in [0.1, 0.15) is 5.75 Å². The first kappa shape index (κ1) is 14.6. The summed E-state index contributed by atoms with van der Waals surface area (Å²) in [6.07, 6.45) is -3.75. The van der Waals surface area contributed by atoms with Crippen LogP contribution < -0.4 is 4.74 Å². The molecule has 0 aliphatic rings. The maximum atomic E-state index is 12.7. The summed E-state index contributed by atoms with van der Waals surface area (Å²) in [6.45, 7) is -1.47. The van der Waals surface area contributed by atoms with E-state index < -0.39 is 19.0 Å². The lowest BCUT2D eigenvalue weighted by molar-refractivity contribution is -0.148. The number of rotatable bonds is 5. The van der Waals surface area contributed by atoms with Crippen molar-refractivity contribution >= 4 is 10.8 Å². The summed E-state index contributed by atoms with van der Waals surface area (Å²) in [4.78, 5) is 0. The van der Waals surface area contributed by atoms with Gasteiger partial charge in [0.25, 0.3) is 0 Å². The molecule has 0 fully saturated rings. The zero-order valence-electron chi connectivity index (χ0n) is 10.3. The number of fused-ring (bicyclic) bond motifs is 1. The maximum Gasteiger partial charge on any atom is 0.340 e. The lowest BCUT2D eigenvalue weighted by Crippen LogP contribution is -2.33. The highest BCUT2D eigenvalue weighted by atomic mass is 19.3. The van der Waals surface area contributed by atoms with Crippen LogP contribution in [0.25, 0.3) is 10.8 Å². The molecule has 0 spiro atoms. The number of halogens is 4. The Bertz CT molecular complexity index is 599. The highest BCUT2D eigenvalue weighted by molar-refractivity contribution is 5.84. The summed E-state index contributed by atoms with van der Waals surface area (Å²) in [6, 6.07) is 9.64. The lowest BCUT2D eigenvalue weighted by atomic mass is 10.1. The number of aliphatic hydroxyl groups excluding tert-OH is 1. The summed E-state index contributed by atoms with van der Waals surface area (Å²) in [5.74, 6) is -4.08. The predicted molar refractivity (Wildman–Crippen MR) is 66.3 cm³/mol. The van der Waals surface area contributed by atoms with Gasteiger partial charge in [-0.15, -0.1) is 0 Å². The summed E-state index contributed by atoms with van der Waals surface area (Å²) < 4.78 is 54.2. The standard InChI is InChI=1S/C14H12F4O2/c15-13(16)14(17,18)8-20-12-4-3-10-5-9(7-19)1-2-11(10)6-12/h1-6,13,19H,7-8H2. The highest BCUT2D eigenvalue weighted by Gasteiger charge is 2.41. The molecule has 0 bridgehead atoms. The van der Waals surface area contributed by atoms with E-state index in [1.807, 2.05) is 0 Å². The van der Waals surface area contributed by atoms with Crippen LogP contribution in [0.3, 0.4) is 0 Å². The van der Waals surface area contributed by atoms with Crippen molar-refractivity contribution in [2.45, 2.75) is 19.0 Å². The first-order valence-electron chi connectivity index (χ1n) is 5.85. The Kier molecular flexibility index (Phi) is 4.13. The molecule has 0 aliphatic heterocycles. The quantitative estimate of drug-likeness (QED) is 0.852. The van der Waals surface area contributed by atoms with Crippen molar-refractivity contribution in [3.63, 3.8) is 0 Å². The van der Waals surface area contributed by atoms with E-state index in [-0.39, 0.29) is 12.4 Å². The normalized spacial score (nSPS) is 12.1. The van der Waals surface area contributed by atoms with Gasteiger partial charge in [-0.05, 0) is 34.5 Å². The van der Waals surface area contributed by atoms with Gasteiger partial charge in [-0.1, -0.05) is 18.2 Å². The van der Waals surface area contributed by atoms with Crippen molar-refractivity contribution in [1.29, 1.82) is 0 Å². The summed E-state index contributed by atoms with van der Waals surface area (Å²) in [5, 5.41) is 10.5. The minimum absolute atomic E-state index is 0.0922. The van der Waals surface area contributed by atoms with Crippen molar-refractivity contribution in [3.05, 3.63) is 42.0 Å². The Balaban J connectivity index is 2.16. The summed E-state index contributed by atoms with van der Waals surface area (Å²) in [7, 11) is 0. The molecule has 0 radical (unpaired) electrons. The molecule has 0 aromatic heterocycles. The van der Waals surface area contributed by atoms with Crippen molar-refractivity contribution in [3.8, 4) is 5.75 Å². The molecule has 0 unspecified atom stereocenters. The van der Waals surface area contributed by atoms with E-state index in [1.54, 1.807) is 24.3 Å². The Morgan fingerprint density at radius 3 is 2.35 bits per heavy atom. The molecule has 0 saturated carbocycles. The Labute approximate surface area is 112 Å². The molecule has 2 rings (SSSR count). The van der Waals surface area contributed by atoms with Crippen molar-refractivity contribution in [1.82, 2.24) is 0 Å². The van der Waals surface area contributed by atoms with E-state index in [0.29, 0.717) is 5.39 Å². The molecular formula is C14H12F4O2. The van der Waals surface area contributed by atoms with Gasteiger partial charge in [0.15, 0.2) is 6.61 Å². The smallest absolute Gasteiger partial charge is 0.340 e. The number of hydrogen-bond donors (Lipinski definition) is 1. The third-order valence-corrected chi connectivity index (χ3v) is 2.81. The van der Waals surface area contributed by atoms with Gasteiger partial charge in [0.05, 0.1) is 6.61 Å². The SMILES string of the molecule is OCc1ccc2cc(OCC(F)(F)C(F)F)ccc2c1. The molecule has 0 aliphatic carbocycles. The van der Waals surface area contributed by atoms with Crippen LogP contribution >= 0.6 is 0 Å². The molecular weight excluding hydrogens is 276 g/mol. The molecule has 2 nitrogen and oxygen atoms in total. The minimum atomic E-state index is -4.17. The van der Waals surface area contributed by atoms with Crippen molar-refractivity contribution in [2.24, 2.45) is 0 Å². The monoisotopic (exact) mass is 288 g/mol. The summed E-state index contributed by atoms with van der Waals surface area (Å²) in [5.41, 5.74) is 0.718. The molecule has 0 heterocycles. The second-order valence-electron chi connectivity index (χ2n) is 4.35. The Morgan fingerprint density at radius 2 is 1.70 bits per heavy atom. The molecule has 0 saturated heterocycles. The summed E-state index contributed by atoms with van der Waals surface area (Å²) >= 11 is 0. The van der Waals surface area contributed by atoms with E-state index in [4.69, 9.17) is 9.84 Å². The van der Waals surface area contributed by atoms with Crippen molar-refractivity contribution in [2.75, 3.05) is 6.61 Å². The van der Waals surface area contributed by atoms with E-state index in [2.05, 4.69) is 0 Å². The van der Waals surface area contributed by atoms with Crippen LogP contribution in [-0.4, -0.2) is 24.1 Å². The molecule has 20 heavy (non-hydrogen) atoms. The number of aliphatic hydroxyl groups is 1. The zero-order chi connectivity index (χ0) is 14.8. The molecule has 2 aromatic carbocycles. The topological polar surface area (TPSA) is 29.5 Å². The average molecular weight is 288 g/mol. The van der Waals surface area contributed by atoms with Crippen LogP contribution in [0.1, 0.15) is 5.56 Å².